The normalized spacial score (nSPS) is 11.1. The molecule has 0 saturated heterocycles. The number of nitrogens with zero attached hydrogens (tertiary/aromatic N) is 6. The fourth-order valence-electron chi connectivity index (χ4n) is 3.34. The highest BCUT2D eigenvalue weighted by Gasteiger charge is 2.18. The summed E-state index contributed by atoms with van der Waals surface area (Å²) in [5, 5.41) is 12.9. The maximum Gasteiger partial charge on any atom is 0.256 e. The molecule has 0 aliphatic carbocycles. The Labute approximate surface area is 186 Å². The molecule has 0 fully saturated rings. The smallest absolute Gasteiger partial charge is 0.256 e. The van der Waals surface area contributed by atoms with Crippen LogP contribution in [0.25, 0.3) is 22.5 Å². The van der Waals surface area contributed by atoms with Gasteiger partial charge < -0.3 is 5.32 Å². The topological polar surface area (TPSA) is 90.5 Å². The number of halogens is 2. The Morgan fingerprint density at radius 2 is 1.88 bits per heavy atom. The van der Waals surface area contributed by atoms with Crippen LogP contribution < -0.4 is 5.32 Å². The predicted molar refractivity (Wildman–Crippen MR) is 118 cm³/mol. The molecule has 0 unspecified atom stereocenters. The summed E-state index contributed by atoms with van der Waals surface area (Å²) in [6, 6.07) is 14.4. The number of hydrogen-bond donors (Lipinski definition) is 1. The Morgan fingerprint density at radius 1 is 1.06 bits per heavy atom. The molecule has 0 saturated carbocycles. The molecule has 0 aliphatic rings. The van der Waals surface area contributed by atoms with E-state index in [1.165, 1.54) is 35.3 Å². The molecule has 3 heterocycles. The Balaban J connectivity index is 1.56. The fraction of sp³-hybridized carbons (Fsp3) is 0.0455. The summed E-state index contributed by atoms with van der Waals surface area (Å²) in [7, 11) is 0. The van der Waals surface area contributed by atoms with Crippen molar-refractivity contribution in [2.24, 2.45) is 0 Å². The zero-order chi connectivity index (χ0) is 22.2. The standard InChI is InChI=1S/C22H15ClFN7O/c1-13-9-19(28-22(32)14-3-2-4-16(24)10-14)31(29-13)21-18-11-27-30(20(18)25-12-26-21)17-7-5-15(23)6-8-17/h2-12H,1H3,(H,28,32). The van der Waals surface area contributed by atoms with Gasteiger partial charge in [0.2, 0.25) is 0 Å². The first-order valence-corrected chi connectivity index (χ1v) is 9.96. The van der Waals surface area contributed by atoms with E-state index in [4.69, 9.17) is 11.6 Å². The molecule has 0 radical (unpaired) electrons. The van der Waals surface area contributed by atoms with Gasteiger partial charge in [-0.25, -0.2) is 19.0 Å². The Kier molecular flexibility index (Phi) is 4.87. The van der Waals surface area contributed by atoms with Crippen LogP contribution in [0.5, 0.6) is 0 Å². The average Bonchev–Trinajstić information content (AvgIpc) is 3.37. The maximum atomic E-state index is 13.5. The van der Waals surface area contributed by atoms with Gasteiger partial charge in [-0.2, -0.15) is 14.9 Å². The number of rotatable bonds is 4. The highest BCUT2D eigenvalue weighted by molar-refractivity contribution is 6.30. The lowest BCUT2D eigenvalue weighted by molar-refractivity contribution is 0.102. The van der Waals surface area contributed by atoms with Crippen LogP contribution in [-0.4, -0.2) is 35.4 Å². The molecular formula is C22H15ClFN7O. The zero-order valence-corrected chi connectivity index (χ0v) is 17.5. The van der Waals surface area contributed by atoms with Crippen LogP contribution in [0.3, 0.4) is 0 Å². The molecule has 0 bridgehead atoms. The van der Waals surface area contributed by atoms with Crippen molar-refractivity contribution in [1.82, 2.24) is 29.5 Å². The lowest BCUT2D eigenvalue weighted by atomic mass is 10.2. The monoisotopic (exact) mass is 447 g/mol. The van der Waals surface area contributed by atoms with E-state index in [1.807, 2.05) is 12.1 Å². The Hall–Kier alpha value is -4.11. The number of anilines is 1. The van der Waals surface area contributed by atoms with Gasteiger partial charge in [0, 0.05) is 16.7 Å². The van der Waals surface area contributed by atoms with E-state index in [-0.39, 0.29) is 5.56 Å². The molecule has 2 aromatic carbocycles. The van der Waals surface area contributed by atoms with Crippen LogP contribution in [0.1, 0.15) is 16.1 Å². The van der Waals surface area contributed by atoms with Gasteiger partial charge in [-0.05, 0) is 49.4 Å². The lowest BCUT2D eigenvalue weighted by Gasteiger charge is -2.09. The van der Waals surface area contributed by atoms with Gasteiger partial charge >= 0.3 is 0 Å². The van der Waals surface area contributed by atoms with Crippen LogP contribution in [-0.2, 0) is 0 Å². The molecule has 1 amide bonds. The second-order valence-corrected chi connectivity index (χ2v) is 7.45. The molecule has 3 aromatic heterocycles. The summed E-state index contributed by atoms with van der Waals surface area (Å²) in [5.41, 5.74) is 2.20. The van der Waals surface area contributed by atoms with Crippen molar-refractivity contribution in [3.05, 3.63) is 89.2 Å². The minimum Gasteiger partial charge on any atom is -0.306 e. The second kappa shape index (κ2) is 7.86. The fourth-order valence-corrected chi connectivity index (χ4v) is 3.47. The summed E-state index contributed by atoms with van der Waals surface area (Å²) < 4.78 is 16.7. The third-order valence-electron chi connectivity index (χ3n) is 4.78. The first-order valence-electron chi connectivity index (χ1n) is 9.58. The van der Waals surface area contributed by atoms with Crippen molar-refractivity contribution in [3.63, 3.8) is 0 Å². The van der Waals surface area contributed by atoms with Crippen molar-refractivity contribution >= 4 is 34.4 Å². The van der Waals surface area contributed by atoms with Crippen LogP contribution in [0, 0.1) is 12.7 Å². The molecule has 8 nitrogen and oxygen atoms in total. The SMILES string of the molecule is Cc1cc(NC(=O)c2cccc(F)c2)n(-c2ncnc3c2cnn3-c2ccc(Cl)cc2)n1. The highest BCUT2D eigenvalue weighted by atomic mass is 35.5. The van der Waals surface area contributed by atoms with E-state index in [9.17, 15) is 9.18 Å². The van der Waals surface area contributed by atoms with E-state index >= 15 is 0 Å². The van der Waals surface area contributed by atoms with E-state index in [0.717, 1.165) is 5.69 Å². The van der Waals surface area contributed by atoms with Gasteiger partial charge in [-0.1, -0.05) is 17.7 Å². The number of carbonyl (C=O) groups excluding carboxylic acids is 1. The summed E-state index contributed by atoms with van der Waals surface area (Å²) in [6.45, 7) is 1.80. The number of carbonyl (C=O) groups is 1. The van der Waals surface area contributed by atoms with Crippen LogP contribution in [0.2, 0.25) is 5.02 Å². The summed E-state index contributed by atoms with van der Waals surface area (Å²) in [6.07, 6.45) is 3.04. The second-order valence-electron chi connectivity index (χ2n) is 7.01. The molecular weight excluding hydrogens is 433 g/mol. The van der Waals surface area contributed by atoms with Gasteiger partial charge in [-0.3, -0.25) is 4.79 Å². The number of aryl methyl sites for hydroxylation is 1. The van der Waals surface area contributed by atoms with E-state index in [2.05, 4.69) is 25.5 Å². The largest absolute Gasteiger partial charge is 0.306 e. The lowest BCUT2D eigenvalue weighted by Crippen LogP contribution is -2.16. The molecule has 0 aliphatic heterocycles. The average molecular weight is 448 g/mol. The molecule has 0 spiro atoms. The Bertz CT molecular complexity index is 1460. The van der Waals surface area contributed by atoms with Crippen molar-refractivity contribution < 1.29 is 9.18 Å². The molecule has 0 atom stereocenters. The van der Waals surface area contributed by atoms with Gasteiger partial charge in [-0.15, -0.1) is 0 Å². The quantitative estimate of drug-likeness (QED) is 0.442. The third kappa shape index (κ3) is 3.58. The van der Waals surface area contributed by atoms with Crippen molar-refractivity contribution in [3.8, 4) is 11.5 Å². The van der Waals surface area contributed by atoms with Crippen molar-refractivity contribution in [2.45, 2.75) is 6.92 Å². The molecule has 10 heteroatoms. The van der Waals surface area contributed by atoms with Crippen LogP contribution in [0.15, 0.2) is 67.1 Å². The summed E-state index contributed by atoms with van der Waals surface area (Å²) in [5.74, 6) is -0.129. The number of amides is 1. The third-order valence-corrected chi connectivity index (χ3v) is 5.03. The van der Waals surface area contributed by atoms with Gasteiger partial charge in [0.15, 0.2) is 11.5 Å². The van der Waals surface area contributed by atoms with E-state index in [1.54, 1.807) is 36.0 Å². The minimum absolute atomic E-state index is 0.193. The minimum atomic E-state index is -0.491. The van der Waals surface area contributed by atoms with Crippen molar-refractivity contribution in [2.75, 3.05) is 5.32 Å². The number of fused-ring (bicyclic) bond motifs is 1. The summed E-state index contributed by atoms with van der Waals surface area (Å²) in [4.78, 5) is 21.4. The molecule has 32 heavy (non-hydrogen) atoms. The maximum absolute atomic E-state index is 13.5. The first kappa shape index (κ1) is 19.8. The van der Waals surface area contributed by atoms with E-state index < -0.39 is 11.7 Å². The molecule has 1 N–H and O–H groups in total. The number of hydrogen-bond acceptors (Lipinski definition) is 5. The van der Waals surface area contributed by atoms with Gasteiger partial charge in [0.25, 0.3) is 5.91 Å². The number of benzene rings is 2. The summed E-state index contributed by atoms with van der Waals surface area (Å²) >= 11 is 5.99. The molecule has 5 rings (SSSR count). The van der Waals surface area contributed by atoms with E-state index in [0.29, 0.717) is 33.4 Å². The predicted octanol–water partition coefficient (Wildman–Crippen LogP) is 4.35. The van der Waals surface area contributed by atoms with Gasteiger partial charge in [0.05, 0.1) is 23.0 Å². The highest BCUT2D eigenvalue weighted by Crippen LogP contribution is 2.25. The van der Waals surface area contributed by atoms with Crippen LogP contribution in [0.4, 0.5) is 10.2 Å². The zero-order valence-electron chi connectivity index (χ0n) is 16.7. The molecule has 5 aromatic rings. The van der Waals surface area contributed by atoms with Crippen molar-refractivity contribution in [1.29, 1.82) is 0 Å². The van der Waals surface area contributed by atoms with Gasteiger partial charge in [0.1, 0.15) is 18.0 Å². The first-order chi connectivity index (χ1) is 15.5. The number of nitrogens with one attached hydrogen (secondary N) is 1. The molecule has 158 valence electrons. The number of aromatic nitrogens is 6. The van der Waals surface area contributed by atoms with Crippen LogP contribution >= 0.6 is 11.6 Å². The Morgan fingerprint density at radius 3 is 2.66 bits per heavy atom.